The Balaban J connectivity index is 2.31. The van der Waals surface area contributed by atoms with Gasteiger partial charge in [0.15, 0.2) is 0 Å². The molecule has 0 aliphatic heterocycles. The largest absolute Gasteiger partial charge is 0.411 e. The molecule has 0 bridgehead atoms. The first-order valence-electron chi connectivity index (χ1n) is 5.00. The Morgan fingerprint density at radius 2 is 2.22 bits per heavy atom. The third-order valence-corrected chi connectivity index (χ3v) is 2.20. The highest BCUT2D eigenvalue weighted by atomic mass is 32.1. The van der Waals surface area contributed by atoms with Crippen molar-refractivity contribution in [2.75, 3.05) is 19.8 Å². The van der Waals surface area contributed by atoms with Crippen LogP contribution in [0.1, 0.15) is 10.4 Å². The number of aromatic amines is 1. The molecule has 0 saturated heterocycles. The first kappa shape index (κ1) is 14.7. The summed E-state index contributed by atoms with van der Waals surface area (Å²) in [5, 5.41) is 2.41. The van der Waals surface area contributed by atoms with Crippen molar-refractivity contribution >= 4 is 18.1 Å². The number of amides is 1. The van der Waals surface area contributed by atoms with E-state index in [1.807, 2.05) is 0 Å². The summed E-state index contributed by atoms with van der Waals surface area (Å²) in [5.41, 5.74) is 0.267. The van der Waals surface area contributed by atoms with Crippen LogP contribution < -0.4 is 5.32 Å². The molecule has 1 heterocycles. The van der Waals surface area contributed by atoms with Crippen LogP contribution in [-0.2, 0) is 4.74 Å². The quantitative estimate of drug-likeness (QED) is 0.641. The zero-order valence-corrected chi connectivity index (χ0v) is 10.0. The Morgan fingerprint density at radius 1 is 1.50 bits per heavy atom. The summed E-state index contributed by atoms with van der Waals surface area (Å²) >= 11 is 4.88. The fraction of sp³-hybridized carbons (Fsp3) is 0.400. The molecule has 18 heavy (non-hydrogen) atoms. The van der Waals surface area contributed by atoms with Crippen molar-refractivity contribution < 1.29 is 22.7 Å². The van der Waals surface area contributed by atoms with Gasteiger partial charge in [-0.3, -0.25) is 4.79 Å². The number of rotatable bonds is 5. The smallest absolute Gasteiger partial charge is 0.370 e. The summed E-state index contributed by atoms with van der Waals surface area (Å²) in [4.78, 5) is 14.2. The lowest BCUT2D eigenvalue weighted by Crippen LogP contribution is -2.29. The maximum Gasteiger partial charge on any atom is 0.411 e. The number of pyridine rings is 1. The molecule has 1 rings (SSSR count). The number of H-pyrrole nitrogens is 1. The molecule has 0 aliphatic rings. The summed E-state index contributed by atoms with van der Waals surface area (Å²) in [6.45, 7) is -1.55. The van der Waals surface area contributed by atoms with E-state index >= 15 is 0 Å². The number of alkyl halides is 3. The van der Waals surface area contributed by atoms with Gasteiger partial charge in [0.25, 0.3) is 5.91 Å². The molecule has 0 radical (unpaired) electrons. The minimum atomic E-state index is -4.35. The fourth-order valence-electron chi connectivity index (χ4n) is 1.12. The van der Waals surface area contributed by atoms with Gasteiger partial charge in [-0.2, -0.15) is 13.2 Å². The lowest BCUT2D eigenvalue weighted by atomic mass is 10.3. The minimum Gasteiger partial charge on any atom is -0.370 e. The molecule has 1 amide bonds. The molecule has 1 aromatic rings. The summed E-state index contributed by atoms with van der Waals surface area (Å²) < 4.78 is 39.8. The van der Waals surface area contributed by atoms with Gasteiger partial charge in [0.1, 0.15) is 11.2 Å². The van der Waals surface area contributed by atoms with E-state index in [0.717, 1.165) is 0 Å². The van der Waals surface area contributed by atoms with E-state index in [4.69, 9.17) is 12.2 Å². The summed E-state index contributed by atoms with van der Waals surface area (Å²) in [6.07, 6.45) is -2.78. The molecule has 100 valence electrons. The third-order valence-electron chi connectivity index (χ3n) is 1.86. The van der Waals surface area contributed by atoms with E-state index in [1.54, 1.807) is 12.3 Å². The van der Waals surface area contributed by atoms with Gasteiger partial charge < -0.3 is 15.0 Å². The lowest BCUT2D eigenvalue weighted by Gasteiger charge is -2.08. The molecule has 1 aromatic heterocycles. The average Bonchev–Trinajstić information content (AvgIpc) is 2.27. The highest BCUT2D eigenvalue weighted by Gasteiger charge is 2.27. The summed E-state index contributed by atoms with van der Waals surface area (Å²) in [7, 11) is 0. The van der Waals surface area contributed by atoms with Gasteiger partial charge in [-0.25, -0.2) is 0 Å². The van der Waals surface area contributed by atoms with Gasteiger partial charge in [-0.05, 0) is 12.1 Å². The van der Waals surface area contributed by atoms with E-state index in [-0.39, 0.29) is 23.4 Å². The SMILES string of the molecule is O=C(NCCOCC(F)(F)F)c1ccc[nH]c1=S. The third kappa shape index (κ3) is 5.28. The predicted octanol–water partition coefficient (Wildman–Crippen LogP) is 2.05. The first-order valence-corrected chi connectivity index (χ1v) is 5.41. The number of nitrogens with one attached hydrogen (secondary N) is 2. The molecule has 0 spiro atoms. The molecule has 2 N–H and O–H groups in total. The normalized spacial score (nSPS) is 11.3. The van der Waals surface area contributed by atoms with Crippen LogP contribution >= 0.6 is 12.2 Å². The monoisotopic (exact) mass is 280 g/mol. The Kier molecular flexibility index (Phi) is 5.29. The average molecular weight is 280 g/mol. The summed E-state index contributed by atoms with van der Waals surface area (Å²) in [5.74, 6) is -0.451. The van der Waals surface area contributed by atoms with E-state index in [9.17, 15) is 18.0 Å². The van der Waals surface area contributed by atoms with Crippen LogP contribution in [-0.4, -0.2) is 36.8 Å². The highest BCUT2D eigenvalue weighted by molar-refractivity contribution is 7.71. The van der Waals surface area contributed by atoms with Gasteiger partial charge in [0.2, 0.25) is 0 Å². The molecular formula is C10H11F3N2O2S. The number of aromatic nitrogens is 1. The molecule has 0 saturated carbocycles. The molecule has 0 aromatic carbocycles. The van der Waals surface area contributed by atoms with Crippen LogP contribution in [0.25, 0.3) is 0 Å². The van der Waals surface area contributed by atoms with Gasteiger partial charge in [-0.15, -0.1) is 0 Å². The molecule has 0 atom stereocenters. The molecular weight excluding hydrogens is 269 g/mol. The second-order valence-electron chi connectivity index (χ2n) is 3.34. The number of ether oxygens (including phenoxy) is 1. The second-order valence-corrected chi connectivity index (χ2v) is 3.74. The Labute approximate surface area is 106 Å². The first-order chi connectivity index (χ1) is 8.40. The molecule has 4 nitrogen and oxygen atoms in total. The highest BCUT2D eigenvalue weighted by Crippen LogP contribution is 2.13. The van der Waals surface area contributed by atoms with Crippen molar-refractivity contribution in [2.24, 2.45) is 0 Å². The van der Waals surface area contributed by atoms with Crippen LogP contribution in [0.15, 0.2) is 18.3 Å². The Bertz CT molecular complexity index is 459. The molecule has 0 fully saturated rings. The molecule has 0 unspecified atom stereocenters. The van der Waals surface area contributed by atoms with Crippen LogP contribution in [0.4, 0.5) is 13.2 Å². The molecule has 0 aliphatic carbocycles. The zero-order valence-electron chi connectivity index (χ0n) is 9.21. The topological polar surface area (TPSA) is 54.1 Å². The number of halogens is 3. The van der Waals surface area contributed by atoms with Gasteiger partial charge in [-0.1, -0.05) is 12.2 Å². The van der Waals surface area contributed by atoms with Crippen molar-refractivity contribution in [2.45, 2.75) is 6.18 Å². The van der Waals surface area contributed by atoms with Crippen molar-refractivity contribution in [3.05, 3.63) is 28.5 Å². The van der Waals surface area contributed by atoms with E-state index in [0.29, 0.717) is 0 Å². The van der Waals surface area contributed by atoms with Crippen LogP contribution in [0.2, 0.25) is 0 Å². The Hall–Kier alpha value is -1.41. The van der Waals surface area contributed by atoms with Crippen molar-refractivity contribution in [1.82, 2.24) is 10.3 Å². The van der Waals surface area contributed by atoms with E-state index < -0.39 is 18.7 Å². The van der Waals surface area contributed by atoms with E-state index in [2.05, 4.69) is 15.0 Å². The summed E-state index contributed by atoms with van der Waals surface area (Å²) in [6, 6.07) is 3.12. The maximum atomic E-state index is 11.7. The van der Waals surface area contributed by atoms with Gasteiger partial charge in [0, 0.05) is 12.7 Å². The number of hydrogen-bond acceptors (Lipinski definition) is 3. The van der Waals surface area contributed by atoms with Gasteiger partial charge in [0.05, 0.1) is 12.2 Å². The molecule has 8 heteroatoms. The minimum absolute atomic E-state index is 0.0153. The fourth-order valence-corrected chi connectivity index (χ4v) is 1.35. The lowest BCUT2D eigenvalue weighted by molar-refractivity contribution is -0.173. The van der Waals surface area contributed by atoms with Crippen LogP contribution in [0.3, 0.4) is 0 Å². The number of carbonyl (C=O) groups is 1. The second kappa shape index (κ2) is 6.50. The van der Waals surface area contributed by atoms with Gasteiger partial charge >= 0.3 is 6.18 Å². The van der Waals surface area contributed by atoms with Crippen molar-refractivity contribution in [3.8, 4) is 0 Å². The maximum absolute atomic E-state index is 11.7. The standard InChI is InChI=1S/C10H11F3N2O2S/c11-10(12,13)6-17-5-4-14-8(16)7-2-1-3-15-9(7)18/h1-3H,4-6H2,(H,14,16)(H,15,18). The predicted molar refractivity (Wildman–Crippen MR) is 60.8 cm³/mol. The Morgan fingerprint density at radius 3 is 2.83 bits per heavy atom. The van der Waals surface area contributed by atoms with Crippen molar-refractivity contribution in [1.29, 1.82) is 0 Å². The van der Waals surface area contributed by atoms with Crippen LogP contribution in [0, 0.1) is 4.64 Å². The number of hydrogen-bond donors (Lipinski definition) is 2. The zero-order chi connectivity index (χ0) is 13.6. The number of carbonyl (C=O) groups excluding carboxylic acids is 1. The van der Waals surface area contributed by atoms with Crippen molar-refractivity contribution in [3.63, 3.8) is 0 Å². The van der Waals surface area contributed by atoms with E-state index in [1.165, 1.54) is 6.07 Å². The van der Waals surface area contributed by atoms with Crippen LogP contribution in [0.5, 0.6) is 0 Å².